The van der Waals surface area contributed by atoms with Crippen LogP contribution in [0.5, 0.6) is 5.75 Å². The first-order valence-corrected chi connectivity index (χ1v) is 12.6. The van der Waals surface area contributed by atoms with Crippen molar-refractivity contribution in [3.8, 4) is 5.75 Å². The number of anilines is 1. The molecule has 0 saturated heterocycles. The Hall–Kier alpha value is -1.22. The summed E-state index contributed by atoms with van der Waals surface area (Å²) in [6.07, 6.45) is 4.83. The molecule has 1 aromatic rings. The quantitative estimate of drug-likeness (QED) is 0.532. The minimum atomic E-state index is -1.82. The molecule has 0 aliphatic carbocycles. The third-order valence-corrected chi connectivity index (χ3v) is 10.2. The summed E-state index contributed by atoms with van der Waals surface area (Å²) in [6, 6.07) is 6.69. The van der Waals surface area contributed by atoms with E-state index < -0.39 is 8.32 Å². The lowest BCUT2D eigenvalue weighted by Crippen LogP contribution is -2.46. The largest absolute Gasteiger partial charge is 0.543 e. The zero-order valence-corrected chi connectivity index (χ0v) is 18.8. The standard InChI is InChI=1S/C22H37NOSi/c1-10-11-14-23-20-15-18(24-25(8,9)21(3,4)5)12-13-19(20)17(2)16-22(23,6)7/h12-13,15-16H,10-11,14H2,1-9H3. The molecule has 0 unspecified atom stereocenters. The fourth-order valence-corrected chi connectivity index (χ4v) is 4.32. The molecule has 0 atom stereocenters. The normalized spacial score (nSPS) is 17.2. The summed E-state index contributed by atoms with van der Waals surface area (Å²) in [7, 11) is -1.82. The second-order valence-corrected chi connectivity index (χ2v) is 14.3. The molecule has 25 heavy (non-hydrogen) atoms. The molecule has 1 aliphatic rings. The number of fused-ring (bicyclic) bond motifs is 1. The molecule has 0 spiro atoms. The van der Waals surface area contributed by atoms with Gasteiger partial charge in [-0.15, -0.1) is 0 Å². The predicted octanol–water partition coefficient (Wildman–Crippen LogP) is 6.87. The van der Waals surface area contributed by atoms with Crippen molar-refractivity contribution in [3.63, 3.8) is 0 Å². The van der Waals surface area contributed by atoms with Crippen molar-refractivity contribution in [2.45, 2.75) is 85.0 Å². The van der Waals surface area contributed by atoms with Gasteiger partial charge in [0.1, 0.15) is 5.75 Å². The average molecular weight is 360 g/mol. The first-order chi connectivity index (χ1) is 11.4. The lowest BCUT2D eigenvalue weighted by molar-refractivity contribution is 0.490. The molecule has 2 nitrogen and oxygen atoms in total. The van der Waals surface area contributed by atoms with E-state index in [-0.39, 0.29) is 10.6 Å². The van der Waals surface area contributed by atoms with E-state index in [1.807, 2.05) is 0 Å². The predicted molar refractivity (Wildman–Crippen MR) is 114 cm³/mol. The highest BCUT2D eigenvalue weighted by atomic mass is 28.4. The van der Waals surface area contributed by atoms with Gasteiger partial charge in [-0.05, 0) is 63.0 Å². The highest BCUT2D eigenvalue weighted by Gasteiger charge is 2.39. The van der Waals surface area contributed by atoms with Crippen LogP contribution in [0.1, 0.15) is 66.9 Å². The van der Waals surface area contributed by atoms with Gasteiger partial charge in [-0.1, -0.05) is 40.2 Å². The monoisotopic (exact) mass is 359 g/mol. The van der Waals surface area contributed by atoms with Crippen molar-refractivity contribution in [3.05, 3.63) is 29.8 Å². The Morgan fingerprint density at radius 2 is 1.80 bits per heavy atom. The van der Waals surface area contributed by atoms with Gasteiger partial charge >= 0.3 is 0 Å². The Bertz CT molecular complexity index is 652. The van der Waals surface area contributed by atoms with Crippen LogP contribution in [0.2, 0.25) is 18.1 Å². The van der Waals surface area contributed by atoms with Crippen LogP contribution in [0.3, 0.4) is 0 Å². The van der Waals surface area contributed by atoms with Gasteiger partial charge in [-0.2, -0.15) is 0 Å². The summed E-state index contributed by atoms with van der Waals surface area (Å²) in [5, 5.41) is 0.208. The van der Waals surface area contributed by atoms with Crippen molar-refractivity contribution in [1.29, 1.82) is 0 Å². The summed E-state index contributed by atoms with van der Waals surface area (Å²) in [5.41, 5.74) is 4.08. The van der Waals surface area contributed by atoms with Crippen LogP contribution in [0.25, 0.3) is 5.57 Å². The maximum Gasteiger partial charge on any atom is 0.250 e. The van der Waals surface area contributed by atoms with E-state index in [0.29, 0.717) is 0 Å². The van der Waals surface area contributed by atoms with Crippen molar-refractivity contribution in [2.24, 2.45) is 0 Å². The third-order valence-electron chi connectivity index (χ3n) is 5.86. The van der Waals surface area contributed by atoms with Crippen LogP contribution in [-0.4, -0.2) is 20.4 Å². The van der Waals surface area contributed by atoms with Gasteiger partial charge in [0.2, 0.25) is 8.32 Å². The first-order valence-electron chi connectivity index (χ1n) is 9.69. The van der Waals surface area contributed by atoms with Crippen LogP contribution in [-0.2, 0) is 0 Å². The second-order valence-electron chi connectivity index (χ2n) is 9.53. The lowest BCUT2D eigenvalue weighted by Gasteiger charge is -2.44. The molecule has 2 rings (SSSR count). The summed E-state index contributed by atoms with van der Waals surface area (Å²) in [6.45, 7) is 21.7. The molecule has 0 fully saturated rings. The zero-order chi connectivity index (χ0) is 19.0. The summed E-state index contributed by atoms with van der Waals surface area (Å²) >= 11 is 0. The van der Waals surface area contributed by atoms with E-state index in [2.05, 4.69) is 90.7 Å². The highest BCUT2D eigenvalue weighted by molar-refractivity contribution is 6.74. The molecule has 1 heterocycles. The molecule has 0 radical (unpaired) electrons. The van der Waals surface area contributed by atoms with Crippen LogP contribution >= 0.6 is 0 Å². The Kier molecular flexibility index (Phi) is 5.49. The summed E-state index contributed by atoms with van der Waals surface area (Å²) < 4.78 is 6.58. The average Bonchev–Trinajstić information content (AvgIpc) is 2.44. The SMILES string of the molecule is CCCCN1c2cc(O[Si](C)(C)C(C)(C)C)ccc2C(C)=CC1(C)C. The van der Waals surface area contributed by atoms with E-state index in [9.17, 15) is 0 Å². The number of allylic oxidation sites excluding steroid dienone is 1. The molecule has 0 bridgehead atoms. The maximum atomic E-state index is 6.58. The second kappa shape index (κ2) is 6.83. The Morgan fingerprint density at radius 1 is 1.16 bits per heavy atom. The van der Waals surface area contributed by atoms with Crippen LogP contribution in [0.4, 0.5) is 5.69 Å². The smallest absolute Gasteiger partial charge is 0.250 e. The van der Waals surface area contributed by atoms with E-state index in [4.69, 9.17) is 4.43 Å². The topological polar surface area (TPSA) is 12.5 Å². The molecule has 1 aromatic carbocycles. The van der Waals surface area contributed by atoms with Crippen molar-refractivity contribution in [2.75, 3.05) is 11.4 Å². The minimum absolute atomic E-state index is 0.0435. The van der Waals surface area contributed by atoms with Gasteiger partial charge in [-0.25, -0.2) is 0 Å². The van der Waals surface area contributed by atoms with Gasteiger partial charge in [0.05, 0.1) is 5.54 Å². The molecule has 1 aliphatic heterocycles. The lowest BCUT2D eigenvalue weighted by atomic mass is 9.88. The summed E-state index contributed by atoms with van der Waals surface area (Å²) in [4.78, 5) is 2.55. The van der Waals surface area contributed by atoms with Gasteiger partial charge in [0.25, 0.3) is 0 Å². The van der Waals surface area contributed by atoms with Crippen LogP contribution in [0.15, 0.2) is 24.3 Å². The first kappa shape index (κ1) is 20.1. The molecule has 0 saturated carbocycles. The molecule has 0 amide bonds. The van der Waals surface area contributed by atoms with Crippen LogP contribution in [0, 0.1) is 0 Å². The molecule has 0 aromatic heterocycles. The molecular formula is C22H37NOSi. The zero-order valence-electron chi connectivity index (χ0n) is 17.8. The van der Waals surface area contributed by atoms with Gasteiger partial charge in [-0.3, -0.25) is 0 Å². The fraction of sp³-hybridized carbons (Fsp3) is 0.636. The third kappa shape index (κ3) is 4.13. The van der Waals surface area contributed by atoms with E-state index >= 15 is 0 Å². The van der Waals surface area contributed by atoms with E-state index in [0.717, 1.165) is 12.3 Å². The van der Waals surface area contributed by atoms with Gasteiger partial charge in [0, 0.05) is 23.9 Å². The number of benzene rings is 1. The fourth-order valence-electron chi connectivity index (χ4n) is 3.30. The Labute approximate surface area is 156 Å². The molecule has 0 N–H and O–H groups in total. The maximum absolute atomic E-state index is 6.58. The highest BCUT2D eigenvalue weighted by Crippen LogP contribution is 2.43. The number of unbranched alkanes of at least 4 members (excludes halogenated alkanes) is 1. The number of rotatable bonds is 5. The van der Waals surface area contributed by atoms with Crippen LogP contribution < -0.4 is 9.33 Å². The van der Waals surface area contributed by atoms with Gasteiger partial charge < -0.3 is 9.33 Å². The summed E-state index contributed by atoms with van der Waals surface area (Å²) in [5.74, 6) is 1.03. The molecule has 140 valence electrons. The van der Waals surface area contributed by atoms with Crippen molar-refractivity contribution in [1.82, 2.24) is 0 Å². The van der Waals surface area contributed by atoms with Crippen molar-refractivity contribution < 1.29 is 4.43 Å². The van der Waals surface area contributed by atoms with Gasteiger partial charge in [0.15, 0.2) is 0 Å². The Balaban J connectivity index is 2.44. The minimum Gasteiger partial charge on any atom is -0.543 e. The van der Waals surface area contributed by atoms with Crippen molar-refractivity contribution >= 4 is 19.6 Å². The number of hydrogen-bond donors (Lipinski definition) is 0. The Morgan fingerprint density at radius 3 is 2.36 bits per heavy atom. The van der Waals surface area contributed by atoms with E-state index in [1.165, 1.54) is 29.7 Å². The number of nitrogens with zero attached hydrogens (tertiary/aromatic N) is 1. The molecular weight excluding hydrogens is 322 g/mol. The van der Waals surface area contributed by atoms with E-state index in [1.54, 1.807) is 0 Å². The molecule has 3 heteroatoms. The number of hydrogen-bond acceptors (Lipinski definition) is 2.